The average Bonchev–Trinajstić information content (AvgIpc) is 3.27. The summed E-state index contributed by atoms with van der Waals surface area (Å²) in [6.07, 6.45) is -0.219. The molecule has 4 rings (SSSR count). The van der Waals surface area contributed by atoms with E-state index in [0.29, 0.717) is 22.7 Å². The van der Waals surface area contributed by atoms with Crippen molar-refractivity contribution in [2.24, 2.45) is 0 Å². The van der Waals surface area contributed by atoms with E-state index in [-0.39, 0.29) is 18.8 Å². The van der Waals surface area contributed by atoms with Crippen LogP contribution < -0.4 is 9.80 Å². The molecule has 0 aromatic heterocycles. The normalized spacial score (nSPS) is 28.1. The van der Waals surface area contributed by atoms with Crippen LogP contribution in [-0.2, 0) is 14.9 Å². The molecule has 3 aliphatic rings. The predicted molar refractivity (Wildman–Crippen MR) is 97.0 cm³/mol. The van der Waals surface area contributed by atoms with Gasteiger partial charge in [-0.2, -0.15) is 20.2 Å². The van der Waals surface area contributed by atoms with Crippen molar-refractivity contribution in [1.82, 2.24) is 0 Å². The fourth-order valence-electron chi connectivity index (χ4n) is 3.75. The lowest BCUT2D eigenvalue weighted by Crippen LogP contribution is -2.34. The number of anilines is 2. The third kappa shape index (κ3) is 3.49. The highest BCUT2D eigenvalue weighted by Gasteiger charge is 2.40. The number of hydrogen-bond donors (Lipinski definition) is 1. The van der Waals surface area contributed by atoms with Crippen molar-refractivity contribution in [3.8, 4) is 0 Å². The molecule has 3 atom stereocenters. The lowest BCUT2D eigenvalue weighted by atomic mass is 10.2. The molecule has 3 saturated heterocycles. The van der Waals surface area contributed by atoms with Crippen LogP contribution in [0, 0.1) is 5.82 Å². The van der Waals surface area contributed by atoms with Crippen LogP contribution >= 0.6 is 11.8 Å². The van der Waals surface area contributed by atoms with E-state index in [2.05, 4.69) is 4.90 Å². The van der Waals surface area contributed by atoms with E-state index in [9.17, 15) is 17.6 Å². The number of halogens is 1. The number of benzene rings is 1. The van der Waals surface area contributed by atoms with Crippen LogP contribution in [0.1, 0.15) is 12.8 Å². The fourth-order valence-corrected chi connectivity index (χ4v) is 5.75. The molecule has 3 aliphatic heterocycles. The molecule has 1 N–H and O–H groups in total. The highest BCUT2D eigenvalue weighted by atomic mass is 32.2. The number of amides is 1. The van der Waals surface area contributed by atoms with Crippen molar-refractivity contribution in [1.29, 1.82) is 0 Å². The monoisotopic (exact) mass is 402 g/mol. The van der Waals surface area contributed by atoms with Crippen molar-refractivity contribution < 1.29 is 26.9 Å². The molecular formula is C16H19FN2O5S2. The van der Waals surface area contributed by atoms with Crippen LogP contribution in [0.15, 0.2) is 18.2 Å². The van der Waals surface area contributed by atoms with Crippen molar-refractivity contribution in [3.63, 3.8) is 0 Å². The second-order valence-electron chi connectivity index (χ2n) is 6.82. The molecule has 7 nitrogen and oxygen atoms in total. The summed E-state index contributed by atoms with van der Waals surface area (Å²) in [5.41, 5.74) is 0.932. The van der Waals surface area contributed by atoms with Gasteiger partial charge in [0.05, 0.1) is 23.7 Å². The largest absolute Gasteiger partial charge is 0.444 e. The predicted octanol–water partition coefficient (Wildman–Crippen LogP) is 2.12. The standard InChI is InChI=1S/C16H19FN2O5S2/c17-14-6-10(1-2-15(14)18-8-13-5-11(18)9-25-13)19-7-12(24-16(19)20)3-4-26(21,22)23/h1-2,6,11-13H,3-5,7-9H2,(H,21,22,23)/t11-,12+,13-/m0/s1. The number of ether oxygens (including phenoxy) is 1. The minimum absolute atomic E-state index is 0.00382. The Bertz CT molecular complexity index is 834. The maximum Gasteiger partial charge on any atom is 0.414 e. The first-order valence-electron chi connectivity index (χ1n) is 8.41. The third-order valence-electron chi connectivity index (χ3n) is 5.02. The van der Waals surface area contributed by atoms with Gasteiger partial charge in [0.15, 0.2) is 0 Å². The lowest BCUT2D eigenvalue weighted by Gasteiger charge is -2.29. The van der Waals surface area contributed by atoms with Crippen molar-refractivity contribution in [3.05, 3.63) is 24.0 Å². The zero-order chi connectivity index (χ0) is 18.5. The Balaban J connectivity index is 1.46. The Kier molecular flexibility index (Phi) is 4.52. The first kappa shape index (κ1) is 17.9. The highest BCUT2D eigenvalue weighted by Crippen LogP contribution is 2.41. The molecule has 2 bridgehead atoms. The molecule has 1 amide bonds. The SMILES string of the molecule is O=C1O[C@H](CCS(=O)(=O)O)CN1c1ccc(N2C[C@@H]3C[C@H]2CS3)c(F)c1. The van der Waals surface area contributed by atoms with E-state index < -0.39 is 28.1 Å². The third-order valence-corrected chi connectivity index (χ3v) is 7.17. The van der Waals surface area contributed by atoms with E-state index in [1.165, 1.54) is 11.0 Å². The number of fused-ring (bicyclic) bond motifs is 2. The smallest absolute Gasteiger partial charge is 0.414 e. The van der Waals surface area contributed by atoms with Gasteiger partial charge in [-0.3, -0.25) is 9.45 Å². The number of rotatable bonds is 5. The number of thioether (sulfide) groups is 1. The molecular weight excluding hydrogens is 383 g/mol. The second kappa shape index (κ2) is 6.58. The van der Waals surface area contributed by atoms with Gasteiger partial charge in [-0.25, -0.2) is 9.18 Å². The summed E-state index contributed by atoms with van der Waals surface area (Å²) < 4.78 is 50.2. The number of cyclic esters (lactones) is 1. The van der Waals surface area contributed by atoms with Gasteiger partial charge in [0, 0.05) is 30.0 Å². The van der Waals surface area contributed by atoms with E-state index in [0.717, 1.165) is 18.7 Å². The Morgan fingerprint density at radius 1 is 1.35 bits per heavy atom. The summed E-state index contributed by atoms with van der Waals surface area (Å²) in [5.74, 6) is 0.149. The van der Waals surface area contributed by atoms with Gasteiger partial charge in [-0.15, -0.1) is 0 Å². The first-order chi connectivity index (χ1) is 12.3. The van der Waals surface area contributed by atoms with Crippen molar-refractivity contribution in [2.75, 3.05) is 34.4 Å². The molecule has 0 saturated carbocycles. The number of nitrogens with zero attached hydrogens (tertiary/aromatic N) is 2. The maximum atomic E-state index is 14.7. The minimum Gasteiger partial charge on any atom is -0.444 e. The summed E-state index contributed by atoms with van der Waals surface area (Å²) in [5, 5.41) is 0.566. The van der Waals surface area contributed by atoms with E-state index in [4.69, 9.17) is 9.29 Å². The zero-order valence-corrected chi connectivity index (χ0v) is 15.5. The molecule has 142 valence electrons. The number of hydrogen-bond acceptors (Lipinski definition) is 6. The summed E-state index contributed by atoms with van der Waals surface area (Å²) in [6.45, 7) is 0.966. The van der Waals surface area contributed by atoms with Crippen LogP contribution in [-0.4, -0.2) is 61.1 Å². The van der Waals surface area contributed by atoms with E-state index in [1.807, 2.05) is 11.8 Å². The summed E-state index contributed by atoms with van der Waals surface area (Å²) >= 11 is 1.93. The molecule has 3 heterocycles. The Hall–Kier alpha value is -1.52. The van der Waals surface area contributed by atoms with Gasteiger partial charge >= 0.3 is 6.09 Å². The molecule has 0 radical (unpaired) electrons. The van der Waals surface area contributed by atoms with Gasteiger partial charge in [0.2, 0.25) is 0 Å². The van der Waals surface area contributed by atoms with Crippen LogP contribution in [0.5, 0.6) is 0 Å². The number of carbonyl (C=O) groups is 1. The Labute approximate surface area is 155 Å². The topological polar surface area (TPSA) is 87.1 Å². The van der Waals surface area contributed by atoms with Gasteiger partial charge in [-0.05, 0) is 24.6 Å². The second-order valence-corrected chi connectivity index (χ2v) is 9.73. The Morgan fingerprint density at radius 2 is 2.15 bits per heavy atom. The average molecular weight is 402 g/mol. The van der Waals surface area contributed by atoms with Crippen LogP contribution in [0.3, 0.4) is 0 Å². The van der Waals surface area contributed by atoms with Crippen molar-refractivity contribution >= 4 is 39.3 Å². The molecule has 3 fully saturated rings. The molecule has 0 unspecified atom stereocenters. The maximum absolute atomic E-state index is 14.7. The minimum atomic E-state index is -4.11. The van der Waals surface area contributed by atoms with Crippen LogP contribution in [0.4, 0.5) is 20.6 Å². The molecule has 1 aromatic carbocycles. The number of carbonyl (C=O) groups excluding carboxylic acids is 1. The highest BCUT2D eigenvalue weighted by molar-refractivity contribution is 8.00. The van der Waals surface area contributed by atoms with Crippen molar-refractivity contribution in [2.45, 2.75) is 30.2 Å². The van der Waals surface area contributed by atoms with Gasteiger partial charge in [0.1, 0.15) is 11.9 Å². The summed E-state index contributed by atoms with van der Waals surface area (Å²) in [7, 11) is -4.11. The van der Waals surface area contributed by atoms with Gasteiger partial charge in [-0.1, -0.05) is 0 Å². The van der Waals surface area contributed by atoms with Gasteiger partial charge < -0.3 is 9.64 Å². The van der Waals surface area contributed by atoms with Crippen LogP contribution in [0.25, 0.3) is 0 Å². The lowest BCUT2D eigenvalue weighted by molar-refractivity contribution is 0.139. The molecule has 1 aromatic rings. The van der Waals surface area contributed by atoms with Gasteiger partial charge in [0.25, 0.3) is 10.1 Å². The van der Waals surface area contributed by atoms with Crippen LogP contribution in [0.2, 0.25) is 0 Å². The first-order valence-corrected chi connectivity index (χ1v) is 11.1. The van der Waals surface area contributed by atoms with E-state index in [1.54, 1.807) is 12.1 Å². The molecule has 10 heteroatoms. The Morgan fingerprint density at radius 3 is 2.77 bits per heavy atom. The quantitative estimate of drug-likeness (QED) is 0.755. The fraction of sp³-hybridized carbons (Fsp3) is 0.562. The molecule has 0 aliphatic carbocycles. The summed E-state index contributed by atoms with van der Waals surface area (Å²) in [4.78, 5) is 15.4. The van der Waals surface area contributed by atoms with E-state index >= 15 is 0 Å². The molecule has 0 spiro atoms. The summed E-state index contributed by atoms with van der Waals surface area (Å²) in [6, 6.07) is 5.06. The zero-order valence-electron chi connectivity index (χ0n) is 13.9. The molecule has 26 heavy (non-hydrogen) atoms.